The zero-order valence-corrected chi connectivity index (χ0v) is 14.8. The topological polar surface area (TPSA) is 12.0 Å². The van der Waals surface area contributed by atoms with E-state index in [2.05, 4.69) is 57.7 Å². The molecule has 0 bridgehead atoms. The molecule has 2 aromatic rings. The molecule has 22 heavy (non-hydrogen) atoms. The normalized spacial score (nSPS) is 25.5. The summed E-state index contributed by atoms with van der Waals surface area (Å²) in [5.41, 5.74) is 3.52. The van der Waals surface area contributed by atoms with Crippen LogP contribution in [0.2, 0.25) is 10.0 Å². The first-order valence-electron chi connectivity index (χ1n) is 7.31. The Labute approximate surface area is 148 Å². The van der Waals surface area contributed by atoms with Crippen molar-refractivity contribution in [1.82, 2.24) is 0 Å². The van der Waals surface area contributed by atoms with Crippen LogP contribution in [0.25, 0.3) is 0 Å². The van der Waals surface area contributed by atoms with Crippen LogP contribution in [0.15, 0.2) is 53.0 Å². The van der Waals surface area contributed by atoms with Gasteiger partial charge in [-0.1, -0.05) is 63.4 Å². The minimum Gasteiger partial charge on any atom is -0.376 e. The zero-order valence-electron chi connectivity index (χ0n) is 11.7. The summed E-state index contributed by atoms with van der Waals surface area (Å²) in [6, 6.07) is 12.6. The van der Waals surface area contributed by atoms with Gasteiger partial charge in [0.15, 0.2) is 0 Å². The maximum absolute atomic E-state index is 6.44. The largest absolute Gasteiger partial charge is 0.376 e. The summed E-state index contributed by atoms with van der Waals surface area (Å²) in [5, 5.41) is 5.05. The highest BCUT2D eigenvalue weighted by molar-refractivity contribution is 9.10. The minimum absolute atomic E-state index is 0.263. The lowest BCUT2D eigenvalue weighted by atomic mass is 9.77. The number of allylic oxidation sites excluding steroid dienone is 2. The Kier molecular flexibility index (Phi) is 3.72. The number of hydrogen-bond donors (Lipinski definition) is 1. The van der Waals surface area contributed by atoms with Crippen molar-refractivity contribution in [2.24, 2.45) is 5.92 Å². The van der Waals surface area contributed by atoms with Crippen LogP contribution >= 0.6 is 39.1 Å². The number of rotatable bonds is 1. The van der Waals surface area contributed by atoms with Gasteiger partial charge in [0.05, 0.1) is 16.8 Å². The second-order valence-electron chi connectivity index (χ2n) is 5.88. The highest BCUT2D eigenvalue weighted by atomic mass is 79.9. The van der Waals surface area contributed by atoms with Gasteiger partial charge in [0.25, 0.3) is 0 Å². The molecule has 1 heterocycles. The Hall–Kier alpha value is -0.960. The van der Waals surface area contributed by atoms with E-state index >= 15 is 0 Å². The van der Waals surface area contributed by atoms with Crippen molar-refractivity contribution in [2.75, 3.05) is 5.32 Å². The molecule has 3 atom stereocenters. The SMILES string of the molecule is Clc1cc(Cl)c2c(c1)[C@@H]1C=CC[C@@H]1[C@H](c1ccc(Br)cc1)N2. The summed E-state index contributed by atoms with van der Waals surface area (Å²) in [4.78, 5) is 0. The third-order valence-electron chi connectivity index (χ3n) is 4.61. The molecule has 0 fully saturated rings. The van der Waals surface area contributed by atoms with Crippen LogP contribution in [0.4, 0.5) is 5.69 Å². The van der Waals surface area contributed by atoms with Crippen molar-refractivity contribution in [3.05, 3.63) is 74.2 Å². The molecule has 4 heteroatoms. The molecule has 2 aliphatic rings. The summed E-state index contributed by atoms with van der Waals surface area (Å²) >= 11 is 16.1. The highest BCUT2D eigenvalue weighted by Gasteiger charge is 2.38. The van der Waals surface area contributed by atoms with Crippen molar-refractivity contribution in [2.45, 2.75) is 18.4 Å². The van der Waals surface area contributed by atoms with Crippen LogP contribution in [0.3, 0.4) is 0 Å². The quantitative estimate of drug-likeness (QED) is 0.538. The predicted octanol–water partition coefficient (Wildman–Crippen LogP) is 6.58. The fraction of sp³-hybridized carbons (Fsp3) is 0.222. The fourth-order valence-corrected chi connectivity index (χ4v) is 4.45. The first-order valence-corrected chi connectivity index (χ1v) is 8.86. The van der Waals surface area contributed by atoms with E-state index in [1.807, 2.05) is 12.1 Å². The van der Waals surface area contributed by atoms with Crippen LogP contribution < -0.4 is 5.32 Å². The number of anilines is 1. The second-order valence-corrected chi connectivity index (χ2v) is 7.64. The van der Waals surface area contributed by atoms with Gasteiger partial charge in [-0.3, -0.25) is 0 Å². The molecule has 0 saturated carbocycles. The van der Waals surface area contributed by atoms with E-state index in [9.17, 15) is 0 Å². The van der Waals surface area contributed by atoms with Crippen molar-refractivity contribution < 1.29 is 0 Å². The molecule has 1 N–H and O–H groups in total. The van der Waals surface area contributed by atoms with Crippen molar-refractivity contribution in [1.29, 1.82) is 0 Å². The molecule has 0 aromatic heterocycles. The Morgan fingerprint density at radius 2 is 1.86 bits per heavy atom. The third-order valence-corrected chi connectivity index (χ3v) is 5.66. The molecule has 0 amide bonds. The van der Waals surface area contributed by atoms with E-state index in [1.54, 1.807) is 0 Å². The van der Waals surface area contributed by atoms with Gasteiger partial charge < -0.3 is 5.32 Å². The van der Waals surface area contributed by atoms with Crippen LogP contribution in [0.5, 0.6) is 0 Å². The van der Waals surface area contributed by atoms with Gasteiger partial charge in [0.2, 0.25) is 0 Å². The molecular weight excluding hydrogens is 381 g/mol. The van der Waals surface area contributed by atoms with Gasteiger partial charge in [-0.25, -0.2) is 0 Å². The van der Waals surface area contributed by atoms with Crippen molar-refractivity contribution in [3.63, 3.8) is 0 Å². The summed E-state index contributed by atoms with van der Waals surface area (Å²) in [6.07, 6.45) is 5.64. The van der Waals surface area contributed by atoms with E-state index in [1.165, 1.54) is 11.1 Å². The van der Waals surface area contributed by atoms with E-state index in [0.29, 0.717) is 21.9 Å². The average Bonchev–Trinajstić information content (AvgIpc) is 2.97. The molecule has 1 aliphatic carbocycles. The Bertz CT molecular complexity index is 754. The van der Waals surface area contributed by atoms with Gasteiger partial charge in [-0.05, 0) is 47.7 Å². The summed E-state index contributed by atoms with van der Waals surface area (Å²) < 4.78 is 1.10. The summed E-state index contributed by atoms with van der Waals surface area (Å²) in [7, 11) is 0. The number of hydrogen-bond acceptors (Lipinski definition) is 1. The monoisotopic (exact) mass is 393 g/mol. The third kappa shape index (κ3) is 2.38. The Morgan fingerprint density at radius 1 is 1.09 bits per heavy atom. The van der Waals surface area contributed by atoms with E-state index in [4.69, 9.17) is 23.2 Å². The predicted molar refractivity (Wildman–Crippen MR) is 97.0 cm³/mol. The van der Waals surface area contributed by atoms with E-state index < -0.39 is 0 Å². The van der Waals surface area contributed by atoms with Crippen LogP contribution in [-0.4, -0.2) is 0 Å². The Balaban J connectivity index is 1.82. The zero-order chi connectivity index (χ0) is 15.3. The maximum atomic E-state index is 6.44. The van der Waals surface area contributed by atoms with Crippen molar-refractivity contribution in [3.8, 4) is 0 Å². The average molecular weight is 395 g/mol. The molecule has 2 aromatic carbocycles. The summed E-state index contributed by atoms with van der Waals surface area (Å²) in [6.45, 7) is 0. The lowest BCUT2D eigenvalue weighted by Gasteiger charge is -2.38. The van der Waals surface area contributed by atoms with Crippen LogP contribution in [-0.2, 0) is 0 Å². The van der Waals surface area contributed by atoms with Crippen molar-refractivity contribution >= 4 is 44.8 Å². The van der Waals surface area contributed by atoms with Gasteiger partial charge >= 0.3 is 0 Å². The standard InChI is InChI=1S/C18H14BrCl2N/c19-11-6-4-10(5-7-11)17-14-3-1-2-13(14)15-8-12(20)9-16(21)18(15)22-17/h1-2,4-9,13-14,17,22H,3H2/t13-,14+,17+/m1/s1. The first-order chi connectivity index (χ1) is 10.6. The lowest BCUT2D eigenvalue weighted by molar-refractivity contribution is 0.425. The van der Waals surface area contributed by atoms with E-state index in [0.717, 1.165) is 16.6 Å². The minimum atomic E-state index is 0.263. The number of nitrogens with one attached hydrogen (secondary N) is 1. The van der Waals surface area contributed by atoms with Gasteiger partial charge in [0.1, 0.15) is 0 Å². The van der Waals surface area contributed by atoms with Crippen LogP contribution in [0, 0.1) is 5.92 Å². The smallest absolute Gasteiger partial charge is 0.0655 e. The number of benzene rings is 2. The molecule has 112 valence electrons. The fourth-order valence-electron chi connectivity index (χ4n) is 3.62. The maximum Gasteiger partial charge on any atom is 0.0655 e. The van der Waals surface area contributed by atoms with Gasteiger partial charge in [-0.15, -0.1) is 0 Å². The molecule has 4 rings (SSSR count). The van der Waals surface area contributed by atoms with Crippen LogP contribution in [0.1, 0.15) is 29.5 Å². The second kappa shape index (κ2) is 5.59. The number of halogens is 3. The molecule has 0 spiro atoms. The first kappa shape index (κ1) is 14.6. The lowest BCUT2D eigenvalue weighted by Crippen LogP contribution is -2.29. The van der Waals surface area contributed by atoms with E-state index in [-0.39, 0.29) is 6.04 Å². The molecule has 1 nitrogen and oxygen atoms in total. The molecule has 1 aliphatic heterocycles. The van der Waals surface area contributed by atoms with Gasteiger partial charge in [0, 0.05) is 15.4 Å². The van der Waals surface area contributed by atoms with Gasteiger partial charge in [-0.2, -0.15) is 0 Å². The highest BCUT2D eigenvalue weighted by Crippen LogP contribution is 2.52. The molecule has 0 radical (unpaired) electrons. The summed E-state index contributed by atoms with van der Waals surface area (Å²) in [5.74, 6) is 0.879. The molecule has 0 saturated heterocycles. The molecule has 0 unspecified atom stereocenters. The number of fused-ring (bicyclic) bond motifs is 3. The molecular formula is C18H14BrCl2N. The Morgan fingerprint density at radius 3 is 2.64 bits per heavy atom.